The van der Waals surface area contributed by atoms with E-state index in [-0.39, 0.29) is 25.9 Å². The van der Waals surface area contributed by atoms with Gasteiger partial charge in [-0.2, -0.15) is 0 Å². The van der Waals surface area contributed by atoms with Crippen molar-refractivity contribution in [3.05, 3.63) is 122 Å². The summed E-state index contributed by atoms with van der Waals surface area (Å²) in [4.78, 5) is 51.2. The third-order valence-electron chi connectivity index (χ3n) is 13.0. The molecule has 1 aliphatic heterocycles. The van der Waals surface area contributed by atoms with Crippen LogP contribution in [0.1, 0.15) is 226 Å². The first-order valence-corrected chi connectivity index (χ1v) is 30.5. The molecule has 3 N–H and O–H groups in total. The van der Waals surface area contributed by atoms with E-state index in [2.05, 4.69) is 124 Å². The maximum Gasteiger partial charge on any atom is 0.335 e. The Morgan fingerprint density at radius 3 is 1.28 bits per heavy atom. The molecule has 0 aromatic carbocycles. The van der Waals surface area contributed by atoms with E-state index in [1.165, 1.54) is 38.5 Å². The molecule has 0 radical (unpaired) electrons. The number of ether oxygens (including phenoxy) is 5. The summed E-state index contributed by atoms with van der Waals surface area (Å²) in [6, 6.07) is 0. The number of unbranched alkanes of at least 4 members (excludes halogenated alkanes) is 16. The third kappa shape index (κ3) is 43.6. The number of hydrogen-bond donors (Lipinski definition) is 3. The van der Waals surface area contributed by atoms with E-state index in [0.717, 1.165) is 122 Å². The first-order chi connectivity index (χ1) is 38.6. The molecule has 0 aromatic heterocycles. The van der Waals surface area contributed by atoms with E-state index in [4.69, 9.17) is 23.7 Å². The first-order valence-electron chi connectivity index (χ1n) is 30.5. The summed E-state index contributed by atoms with van der Waals surface area (Å²) in [5.74, 6) is -3.28. The molecule has 0 aliphatic carbocycles. The molecule has 1 aliphatic rings. The maximum atomic E-state index is 13.2. The van der Waals surface area contributed by atoms with Crippen LogP contribution in [0.2, 0.25) is 0 Å². The van der Waals surface area contributed by atoms with Crippen LogP contribution in [0.3, 0.4) is 0 Å². The van der Waals surface area contributed by atoms with E-state index < -0.39 is 67.3 Å². The maximum absolute atomic E-state index is 13.2. The van der Waals surface area contributed by atoms with Gasteiger partial charge in [0.15, 0.2) is 24.6 Å². The van der Waals surface area contributed by atoms with Gasteiger partial charge in [0.1, 0.15) is 18.8 Å². The van der Waals surface area contributed by atoms with E-state index in [9.17, 15) is 34.5 Å². The van der Waals surface area contributed by atoms with Crippen LogP contribution in [0.4, 0.5) is 0 Å². The van der Waals surface area contributed by atoms with Crippen molar-refractivity contribution in [2.24, 2.45) is 0 Å². The largest absolute Gasteiger partial charge is 0.479 e. The summed E-state index contributed by atoms with van der Waals surface area (Å²) in [5, 5.41) is 31.5. The zero-order chi connectivity index (χ0) is 57.5. The van der Waals surface area contributed by atoms with Crippen molar-refractivity contribution >= 4 is 23.9 Å². The van der Waals surface area contributed by atoms with Gasteiger partial charge in [0.05, 0.1) is 6.61 Å². The Hall–Kier alpha value is -4.88. The second kappa shape index (κ2) is 53.7. The number of carboxylic acid groups (broad SMARTS) is 1. The number of carboxylic acids is 1. The van der Waals surface area contributed by atoms with Crippen molar-refractivity contribution in [1.29, 1.82) is 0 Å². The highest BCUT2D eigenvalue weighted by molar-refractivity contribution is 5.74. The van der Waals surface area contributed by atoms with Crippen molar-refractivity contribution < 1.29 is 58.2 Å². The normalized spacial score (nSPS) is 18.7. The molecule has 0 bridgehead atoms. The molecule has 6 atom stereocenters. The molecule has 1 saturated heterocycles. The monoisotopic (exact) mass is 1100 g/mol. The molecule has 0 aromatic rings. The van der Waals surface area contributed by atoms with Crippen LogP contribution in [0.15, 0.2) is 122 Å². The molecular formula is C67H106O12. The summed E-state index contributed by atoms with van der Waals surface area (Å²) in [5.41, 5.74) is 0. The summed E-state index contributed by atoms with van der Waals surface area (Å²) in [7, 11) is 0. The van der Waals surface area contributed by atoms with Crippen molar-refractivity contribution in [2.75, 3.05) is 13.2 Å². The van der Waals surface area contributed by atoms with Gasteiger partial charge in [-0.3, -0.25) is 14.4 Å². The Morgan fingerprint density at radius 1 is 0.430 bits per heavy atom. The van der Waals surface area contributed by atoms with Gasteiger partial charge >= 0.3 is 23.9 Å². The van der Waals surface area contributed by atoms with E-state index in [1.54, 1.807) is 0 Å². The molecule has 446 valence electrons. The molecule has 0 spiro atoms. The van der Waals surface area contributed by atoms with Crippen molar-refractivity contribution in [3.8, 4) is 0 Å². The topological polar surface area (TPSA) is 175 Å². The Balaban J connectivity index is 2.75. The number of aliphatic hydroxyl groups is 2. The van der Waals surface area contributed by atoms with Gasteiger partial charge in [0, 0.05) is 19.3 Å². The fourth-order valence-electron chi connectivity index (χ4n) is 8.40. The standard InChI is InChI=1S/C67H106O12/c1-4-7-10-13-16-19-22-25-28-29-30-31-34-37-40-43-46-49-52-55-61(70)78-65-63(72)62(71)64(66(73)74)79-67(65)76-57-58(77-60(69)54-51-48-45-42-39-36-33-27-24-21-18-15-12-9-6-3)56-75-59(68)53-50-47-44-41-38-35-32-26-23-20-17-14-11-8-5-2/h7-8,10-11,16-17,19-20,25-28,30-33,37,40,46,49,58,62-65,67,71-72H,4-6,9,12-15,18,21-24,29,34-36,38-39,41-45,47-48,50-57H2,1-3H3,(H,73,74)/b10-7-,11-8-,19-16-,20-17-,28-25-,31-30-,32-26-,33-27-,40-37-,49-46-. The average Bonchev–Trinajstić information content (AvgIpc) is 3.44. The Kier molecular flexibility index (Phi) is 49.1. The van der Waals surface area contributed by atoms with Gasteiger partial charge in [-0.15, -0.1) is 0 Å². The van der Waals surface area contributed by atoms with Crippen molar-refractivity contribution in [2.45, 2.75) is 263 Å². The van der Waals surface area contributed by atoms with Gasteiger partial charge in [-0.1, -0.05) is 213 Å². The minimum Gasteiger partial charge on any atom is -0.479 e. The number of esters is 3. The number of aliphatic hydroxyl groups excluding tert-OH is 2. The van der Waals surface area contributed by atoms with Crippen LogP contribution in [0.25, 0.3) is 0 Å². The van der Waals surface area contributed by atoms with Gasteiger partial charge in [-0.25, -0.2) is 4.79 Å². The highest BCUT2D eigenvalue weighted by Gasteiger charge is 2.50. The minimum atomic E-state index is -1.94. The van der Waals surface area contributed by atoms with Crippen molar-refractivity contribution in [1.82, 2.24) is 0 Å². The lowest BCUT2D eigenvalue weighted by Gasteiger charge is -2.40. The lowest BCUT2D eigenvalue weighted by atomic mass is 9.98. The smallest absolute Gasteiger partial charge is 0.335 e. The van der Waals surface area contributed by atoms with Crippen LogP contribution in [0.5, 0.6) is 0 Å². The van der Waals surface area contributed by atoms with Gasteiger partial charge in [0.25, 0.3) is 0 Å². The fourth-order valence-corrected chi connectivity index (χ4v) is 8.40. The summed E-state index contributed by atoms with van der Waals surface area (Å²) >= 11 is 0. The van der Waals surface area contributed by atoms with Gasteiger partial charge < -0.3 is 39.0 Å². The molecule has 12 heteroatoms. The van der Waals surface area contributed by atoms with Crippen molar-refractivity contribution in [3.63, 3.8) is 0 Å². The molecule has 12 nitrogen and oxygen atoms in total. The van der Waals surface area contributed by atoms with Crippen LogP contribution in [-0.4, -0.2) is 89.2 Å². The second-order valence-corrected chi connectivity index (χ2v) is 20.2. The highest BCUT2D eigenvalue weighted by Crippen LogP contribution is 2.26. The zero-order valence-electron chi connectivity index (χ0n) is 49.1. The number of aliphatic carboxylic acids is 1. The van der Waals surface area contributed by atoms with E-state index >= 15 is 0 Å². The summed E-state index contributed by atoms with van der Waals surface area (Å²) in [6.45, 7) is 5.71. The number of rotatable bonds is 50. The van der Waals surface area contributed by atoms with Crippen LogP contribution in [0, 0.1) is 0 Å². The molecule has 79 heavy (non-hydrogen) atoms. The summed E-state index contributed by atoms with van der Waals surface area (Å²) in [6.07, 6.45) is 61.7. The van der Waals surface area contributed by atoms with Crippen LogP contribution < -0.4 is 0 Å². The first kappa shape index (κ1) is 72.1. The van der Waals surface area contributed by atoms with E-state index in [1.807, 2.05) is 18.2 Å². The molecule has 6 unspecified atom stereocenters. The molecular weight excluding hydrogens is 997 g/mol. The van der Waals surface area contributed by atoms with Crippen LogP contribution >= 0.6 is 0 Å². The SMILES string of the molecule is CC/C=C\C/C=C\C/C=C\C/C=C\C/C=C\C/C=C\CCC(=O)OC1C(OCC(COC(=O)CCCCCCC/C=C\C/C=C\C/C=C\CC)OC(=O)CCCCCCC/C=C\CCCCCCCC)OC(C(=O)O)C(O)C1O. The number of carbonyl (C=O) groups excluding carboxylic acids is 3. The zero-order valence-corrected chi connectivity index (χ0v) is 49.1. The van der Waals surface area contributed by atoms with Gasteiger partial charge in [0.2, 0.25) is 0 Å². The Morgan fingerprint density at radius 2 is 0.823 bits per heavy atom. The quantitative estimate of drug-likeness (QED) is 0.0228. The molecule has 1 rings (SSSR count). The molecule has 1 heterocycles. The highest BCUT2D eigenvalue weighted by atomic mass is 16.7. The Labute approximate surface area is 478 Å². The average molecular weight is 1100 g/mol. The number of carbonyl (C=O) groups is 4. The summed E-state index contributed by atoms with van der Waals surface area (Å²) < 4.78 is 28.3. The molecule has 0 saturated carbocycles. The predicted molar refractivity (Wildman–Crippen MR) is 321 cm³/mol. The number of hydrogen-bond acceptors (Lipinski definition) is 11. The lowest BCUT2D eigenvalue weighted by Crippen LogP contribution is -2.61. The minimum absolute atomic E-state index is 0.0732. The fraction of sp³-hybridized carbons (Fsp3) is 0.642. The van der Waals surface area contributed by atoms with E-state index in [0.29, 0.717) is 25.7 Å². The van der Waals surface area contributed by atoms with Crippen LogP contribution in [-0.2, 0) is 42.9 Å². The Bertz CT molecular complexity index is 1840. The second-order valence-electron chi connectivity index (χ2n) is 20.2. The molecule has 1 fully saturated rings. The number of allylic oxidation sites excluding steroid dienone is 20. The molecule has 0 amide bonds. The predicted octanol–water partition coefficient (Wildman–Crippen LogP) is 16.0. The van der Waals surface area contributed by atoms with Gasteiger partial charge in [-0.05, 0) is 116 Å². The lowest BCUT2D eigenvalue weighted by molar-refractivity contribution is -0.301. The third-order valence-corrected chi connectivity index (χ3v) is 13.0.